The molecule has 2 atom stereocenters. The molecule has 1 aliphatic heterocycles. The third kappa shape index (κ3) is 7.44. The zero-order chi connectivity index (χ0) is 30.4. The van der Waals surface area contributed by atoms with E-state index in [-0.39, 0.29) is 10.5 Å². The maximum Gasteiger partial charge on any atom is 0.297 e. The molecule has 3 aromatic rings. The van der Waals surface area contributed by atoms with Crippen LogP contribution in [-0.2, 0) is 17.8 Å². The molecule has 13 heteroatoms. The Morgan fingerprint density at radius 2 is 1.64 bits per heavy atom. The highest BCUT2D eigenvalue weighted by Gasteiger charge is 2.21. The van der Waals surface area contributed by atoms with Gasteiger partial charge in [0.25, 0.3) is 12.0 Å². The van der Waals surface area contributed by atoms with Gasteiger partial charge in [-0.2, -0.15) is 0 Å². The summed E-state index contributed by atoms with van der Waals surface area (Å²) in [6.45, 7) is 3.05. The summed E-state index contributed by atoms with van der Waals surface area (Å²) in [6, 6.07) is 11.3. The van der Waals surface area contributed by atoms with E-state index >= 15 is 0 Å². The normalized spacial score (nSPS) is 14.9. The number of aromatic nitrogens is 3. The average Bonchev–Trinajstić information content (AvgIpc) is 2.98. The number of halogens is 4. The summed E-state index contributed by atoms with van der Waals surface area (Å²) < 4.78 is 67.7. The maximum absolute atomic E-state index is 14.5. The summed E-state index contributed by atoms with van der Waals surface area (Å²) in [6.07, 6.45) is 1.44. The van der Waals surface area contributed by atoms with Crippen molar-refractivity contribution in [1.29, 1.82) is 0 Å². The Morgan fingerprint density at radius 3 is 2.26 bits per heavy atom. The monoisotopic (exact) mass is 604 g/mol. The highest BCUT2D eigenvalue weighted by atomic mass is 32.2. The second kappa shape index (κ2) is 13.8. The Morgan fingerprint density at radius 1 is 0.976 bits per heavy atom. The molecule has 224 valence electrons. The summed E-state index contributed by atoms with van der Waals surface area (Å²) >= 11 is 0. The van der Waals surface area contributed by atoms with Crippen molar-refractivity contribution in [1.82, 2.24) is 14.5 Å². The fraction of sp³-hybridized carbons (Fsp3) is 0.345. The number of benzene rings is 1. The third-order valence-corrected chi connectivity index (χ3v) is 7.90. The molecule has 1 saturated heterocycles. The van der Waals surface area contributed by atoms with Crippen LogP contribution in [0.4, 0.5) is 34.8 Å². The standard InChI is InChI=1S/C29H32F4N6O2S/c1-19-4-9-27(40)37(2)26(39-12-10-38(11-13-39)22-17-34-29(28(32)33)35-18-22)8-5-20(14-19)24(16-30)36-23-7-6-21(31)15-25(23)42(3)41/h4-9,14-15,17-18,24,28,36H,10-13,16H2,1-3H3/t24-,42?/m1/s1. The SMILES string of the molecule is Cc1ccc(=O)n(C)c(N2CCN(c3cnc(C(F)F)nc3)CC2)ccc([C@@H](CF)Nc2ccc(F)cc2S(C)=O)c1. The minimum absolute atomic E-state index is 0.225. The molecule has 42 heavy (non-hydrogen) atoms. The molecule has 0 bridgehead atoms. The van der Waals surface area contributed by atoms with Crippen LogP contribution in [0.25, 0.3) is 0 Å². The minimum Gasteiger partial charge on any atom is -0.375 e. The van der Waals surface area contributed by atoms with Crippen molar-refractivity contribution in [2.24, 2.45) is 7.05 Å². The highest BCUT2D eigenvalue weighted by molar-refractivity contribution is 7.84. The molecule has 3 heterocycles. The van der Waals surface area contributed by atoms with E-state index in [2.05, 4.69) is 15.3 Å². The largest absolute Gasteiger partial charge is 0.375 e. The molecule has 0 radical (unpaired) electrons. The first-order chi connectivity index (χ1) is 20.1. The van der Waals surface area contributed by atoms with Crippen molar-refractivity contribution >= 4 is 28.0 Å². The molecule has 1 unspecified atom stereocenters. The summed E-state index contributed by atoms with van der Waals surface area (Å²) in [7, 11) is 0.145. The molecular weight excluding hydrogens is 572 g/mol. The average molecular weight is 605 g/mol. The number of nitrogens with zero attached hydrogens (tertiary/aromatic N) is 5. The minimum atomic E-state index is -2.74. The second-order valence-corrected chi connectivity index (χ2v) is 11.2. The van der Waals surface area contributed by atoms with Crippen molar-refractivity contribution in [3.8, 4) is 0 Å². The van der Waals surface area contributed by atoms with Gasteiger partial charge in [0.15, 0.2) is 5.82 Å². The lowest BCUT2D eigenvalue weighted by Crippen LogP contribution is -2.47. The van der Waals surface area contributed by atoms with Gasteiger partial charge in [-0.25, -0.2) is 27.5 Å². The van der Waals surface area contributed by atoms with Crippen LogP contribution in [0.5, 0.6) is 0 Å². The number of alkyl halides is 3. The first-order valence-corrected chi connectivity index (χ1v) is 14.7. The Kier molecular flexibility index (Phi) is 10.2. The molecule has 1 N–H and O–H groups in total. The number of nitrogens with one attached hydrogen (secondary N) is 1. The molecule has 0 spiro atoms. The van der Waals surface area contributed by atoms with E-state index in [1.54, 1.807) is 38.2 Å². The molecule has 1 aromatic carbocycles. The van der Waals surface area contributed by atoms with Gasteiger partial charge in [-0.15, -0.1) is 0 Å². The van der Waals surface area contributed by atoms with Gasteiger partial charge < -0.3 is 15.1 Å². The maximum atomic E-state index is 14.5. The molecule has 2 aromatic heterocycles. The summed E-state index contributed by atoms with van der Waals surface area (Å²) in [5.74, 6) is -0.475. The number of hydrogen-bond donors (Lipinski definition) is 1. The summed E-state index contributed by atoms with van der Waals surface area (Å²) in [4.78, 5) is 24.6. The van der Waals surface area contributed by atoms with E-state index < -0.39 is 41.6 Å². The van der Waals surface area contributed by atoms with Crippen LogP contribution in [0.1, 0.15) is 29.4 Å². The summed E-state index contributed by atoms with van der Waals surface area (Å²) in [5, 5.41) is 3.07. The molecular formula is C29H32F4N6O2S. The Balaban J connectivity index is 1.66. The van der Waals surface area contributed by atoms with Crippen LogP contribution in [0.3, 0.4) is 0 Å². The lowest BCUT2D eigenvalue weighted by Gasteiger charge is -2.37. The number of anilines is 3. The zero-order valence-corrected chi connectivity index (χ0v) is 24.3. The van der Waals surface area contributed by atoms with Crippen molar-refractivity contribution in [2.75, 3.05) is 54.2 Å². The second-order valence-electron chi connectivity index (χ2n) is 9.83. The van der Waals surface area contributed by atoms with Crippen molar-refractivity contribution in [3.63, 3.8) is 0 Å². The van der Waals surface area contributed by atoms with E-state index in [1.165, 1.54) is 41.4 Å². The predicted molar refractivity (Wildman–Crippen MR) is 157 cm³/mol. The van der Waals surface area contributed by atoms with Crippen LogP contribution in [-0.4, -0.2) is 57.9 Å². The number of piperazine rings is 1. The van der Waals surface area contributed by atoms with Gasteiger partial charge in [0.1, 0.15) is 18.3 Å². The van der Waals surface area contributed by atoms with Crippen LogP contribution in [0.2, 0.25) is 0 Å². The van der Waals surface area contributed by atoms with Crippen molar-refractivity contribution in [2.45, 2.75) is 24.3 Å². The van der Waals surface area contributed by atoms with E-state index in [0.717, 1.165) is 6.07 Å². The van der Waals surface area contributed by atoms with Gasteiger partial charge in [0.2, 0.25) is 0 Å². The van der Waals surface area contributed by atoms with Gasteiger partial charge in [-0.1, -0.05) is 23.8 Å². The van der Waals surface area contributed by atoms with Crippen molar-refractivity contribution < 1.29 is 21.8 Å². The molecule has 8 nitrogen and oxygen atoms in total. The fourth-order valence-electron chi connectivity index (χ4n) is 4.66. The van der Waals surface area contributed by atoms with Crippen LogP contribution in [0, 0.1) is 12.7 Å². The van der Waals surface area contributed by atoms with Gasteiger partial charge in [-0.3, -0.25) is 13.6 Å². The van der Waals surface area contributed by atoms with Crippen LogP contribution >= 0.6 is 0 Å². The van der Waals surface area contributed by atoms with Crippen LogP contribution in [0.15, 0.2) is 70.6 Å². The van der Waals surface area contributed by atoms with E-state index in [0.29, 0.717) is 54.5 Å². The Bertz CT molecular complexity index is 1540. The number of aryl methyl sites for hydroxylation is 1. The van der Waals surface area contributed by atoms with Crippen molar-refractivity contribution in [3.05, 3.63) is 94.0 Å². The molecule has 0 aliphatic carbocycles. The quantitative estimate of drug-likeness (QED) is 0.368. The van der Waals surface area contributed by atoms with E-state index in [1.807, 2.05) is 9.80 Å². The number of rotatable bonds is 8. The topological polar surface area (TPSA) is 83.4 Å². The predicted octanol–water partition coefficient (Wildman–Crippen LogP) is 4.87. The zero-order valence-electron chi connectivity index (χ0n) is 23.4. The van der Waals surface area contributed by atoms with Gasteiger partial charge in [-0.05, 0) is 36.8 Å². The Labute approximate surface area is 243 Å². The lowest BCUT2D eigenvalue weighted by molar-refractivity contribution is 0.140. The smallest absolute Gasteiger partial charge is 0.297 e. The van der Waals surface area contributed by atoms with E-state index in [9.17, 15) is 26.6 Å². The summed E-state index contributed by atoms with van der Waals surface area (Å²) in [5.41, 5.74) is 2.02. The lowest BCUT2D eigenvalue weighted by atomic mass is 10.1. The molecule has 1 fully saturated rings. The molecule has 0 saturated carbocycles. The molecule has 1 aliphatic rings. The molecule has 4 rings (SSSR count). The van der Waals surface area contributed by atoms with Gasteiger partial charge in [0, 0.05) is 45.5 Å². The molecule has 0 amide bonds. The number of hydrogen-bond acceptors (Lipinski definition) is 7. The first kappa shape index (κ1) is 30.9. The Hall–Kier alpha value is -4.00. The highest BCUT2D eigenvalue weighted by Crippen LogP contribution is 2.27. The van der Waals surface area contributed by atoms with E-state index in [4.69, 9.17) is 0 Å². The van der Waals surface area contributed by atoms with Crippen LogP contribution < -0.4 is 20.7 Å². The van der Waals surface area contributed by atoms with Gasteiger partial charge >= 0.3 is 0 Å². The van der Waals surface area contributed by atoms with Gasteiger partial charge in [0.05, 0.1) is 45.5 Å². The fourth-order valence-corrected chi connectivity index (χ4v) is 5.37. The third-order valence-electron chi connectivity index (χ3n) is 6.94. The first-order valence-electron chi connectivity index (χ1n) is 13.2.